The Morgan fingerprint density at radius 2 is 1.00 bits per heavy atom. The number of carbonyl (C=O) groups is 2. The smallest absolute Gasteiger partial charge is 0.309 e. The summed E-state index contributed by atoms with van der Waals surface area (Å²) >= 11 is 0. The number of benzene rings is 2. The van der Waals surface area contributed by atoms with Gasteiger partial charge in [-0.15, -0.1) is 0 Å². The molecule has 0 aliphatic heterocycles. The van der Waals surface area contributed by atoms with Gasteiger partial charge in [-0.25, -0.2) is 8.78 Å². The Bertz CT molecular complexity index is 595. The first-order chi connectivity index (χ1) is 10.5. The third-order valence-electron chi connectivity index (χ3n) is 2.94. The third-order valence-corrected chi connectivity index (χ3v) is 2.94. The molecule has 2 aromatic rings. The van der Waals surface area contributed by atoms with E-state index in [1.54, 1.807) is 0 Å². The normalized spacial score (nSPS) is 10.1. The average Bonchev–Trinajstić information content (AvgIpc) is 2.53. The Morgan fingerprint density at radius 3 is 1.32 bits per heavy atom. The van der Waals surface area contributed by atoms with E-state index in [-0.39, 0.29) is 24.7 Å². The summed E-state index contributed by atoms with van der Waals surface area (Å²) in [6.45, 7) is 0.256. The molecule has 2 N–H and O–H groups in total. The summed E-state index contributed by atoms with van der Waals surface area (Å²) in [6, 6.07) is 11.2. The summed E-state index contributed by atoms with van der Waals surface area (Å²) < 4.78 is 25.5. The summed E-state index contributed by atoms with van der Waals surface area (Å²) in [5.74, 6) is -2.31. The lowest BCUT2D eigenvalue weighted by Gasteiger charge is -2.07. The molecular formula is C16H14F2N2O2. The fraction of sp³-hybridized carbons (Fsp3) is 0.125. The second-order valence-electron chi connectivity index (χ2n) is 4.62. The fourth-order valence-corrected chi connectivity index (χ4v) is 1.73. The van der Waals surface area contributed by atoms with Crippen LogP contribution in [0, 0.1) is 11.6 Å². The highest BCUT2D eigenvalue weighted by molar-refractivity contribution is 6.35. The summed E-state index contributed by atoms with van der Waals surface area (Å²) in [5.41, 5.74) is 1.36. The first-order valence-corrected chi connectivity index (χ1v) is 6.59. The Kier molecular flexibility index (Phi) is 5.19. The maximum Gasteiger partial charge on any atom is 0.309 e. The molecule has 114 valence electrons. The van der Waals surface area contributed by atoms with Crippen LogP contribution in [0.3, 0.4) is 0 Å². The Labute approximate surface area is 126 Å². The van der Waals surface area contributed by atoms with Gasteiger partial charge < -0.3 is 10.6 Å². The van der Waals surface area contributed by atoms with Gasteiger partial charge in [0.2, 0.25) is 0 Å². The maximum absolute atomic E-state index is 12.7. The van der Waals surface area contributed by atoms with Crippen molar-refractivity contribution in [1.29, 1.82) is 0 Å². The van der Waals surface area contributed by atoms with E-state index >= 15 is 0 Å². The molecule has 22 heavy (non-hydrogen) atoms. The molecule has 0 radical (unpaired) electrons. The molecule has 0 aromatic heterocycles. The molecule has 0 saturated carbocycles. The van der Waals surface area contributed by atoms with Crippen LogP contribution >= 0.6 is 0 Å². The van der Waals surface area contributed by atoms with Crippen LogP contribution in [0.15, 0.2) is 48.5 Å². The molecule has 2 rings (SSSR count). The van der Waals surface area contributed by atoms with Gasteiger partial charge in [0.05, 0.1) is 0 Å². The Morgan fingerprint density at radius 1 is 0.682 bits per heavy atom. The molecule has 0 unspecified atom stereocenters. The molecule has 0 aliphatic rings. The topological polar surface area (TPSA) is 58.2 Å². The highest BCUT2D eigenvalue weighted by atomic mass is 19.1. The third kappa shape index (κ3) is 4.66. The molecular weight excluding hydrogens is 290 g/mol. The van der Waals surface area contributed by atoms with Gasteiger partial charge in [0, 0.05) is 13.1 Å². The number of hydrogen-bond donors (Lipinski definition) is 2. The van der Waals surface area contributed by atoms with Crippen molar-refractivity contribution in [2.75, 3.05) is 0 Å². The van der Waals surface area contributed by atoms with Crippen LogP contribution in [-0.4, -0.2) is 11.8 Å². The van der Waals surface area contributed by atoms with Gasteiger partial charge in [-0.05, 0) is 35.4 Å². The van der Waals surface area contributed by atoms with E-state index in [1.807, 2.05) is 0 Å². The average molecular weight is 304 g/mol. The van der Waals surface area contributed by atoms with Gasteiger partial charge in [-0.1, -0.05) is 24.3 Å². The standard InChI is InChI=1S/C16H14F2N2O2/c17-13-5-1-11(2-6-13)9-19-15(21)16(22)20-10-12-3-7-14(18)8-4-12/h1-8H,9-10H2,(H,19,21)(H,20,22). The molecule has 0 aliphatic carbocycles. The van der Waals surface area contributed by atoms with Crippen LogP contribution < -0.4 is 10.6 Å². The molecule has 0 heterocycles. The van der Waals surface area contributed by atoms with Crippen LogP contribution in [0.4, 0.5) is 8.78 Å². The molecule has 0 saturated heterocycles. The summed E-state index contributed by atoms with van der Waals surface area (Å²) in [6.07, 6.45) is 0. The summed E-state index contributed by atoms with van der Waals surface area (Å²) in [5, 5.41) is 4.86. The first-order valence-electron chi connectivity index (χ1n) is 6.59. The summed E-state index contributed by atoms with van der Waals surface area (Å²) in [7, 11) is 0. The van der Waals surface area contributed by atoms with Crippen LogP contribution in [0.1, 0.15) is 11.1 Å². The zero-order valence-electron chi connectivity index (χ0n) is 11.6. The highest BCUT2D eigenvalue weighted by Crippen LogP contribution is 2.03. The lowest BCUT2D eigenvalue weighted by Crippen LogP contribution is -2.39. The molecule has 0 fully saturated rings. The summed E-state index contributed by atoms with van der Waals surface area (Å²) in [4.78, 5) is 23.2. The number of carbonyl (C=O) groups excluding carboxylic acids is 2. The van der Waals surface area contributed by atoms with Gasteiger partial charge in [0.1, 0.15) is 11.6 Å². The quantitative estimate of drug-likeness (QED) is 0.848. The van der Waals surface area contributed by atoms with Crippen LogP contribution in [0.2, 0.25) is 0 Å². The molecule has 2 amide bonds. The van der Waals surface area contributed by atoms with Crippen LogP contribution in [-0.2, 0) is 22.7 Å². The number of halogens is 2. The van der Waals surface area contributed by atoms with Crippen molar-refractivity contribution >= 4 is 11.8 Å². The highest BCUT2D eigenvalue weighted by Gasteiger charge is 2.12. The minimum atomic E-state index is -0.786. The largest absolute Gasteiger partial charge is 0.344 e. The fourth-order valence-electron chi connectivity index (χ4n) is 1.73. The Balaban J connectivity index is 1.78. The number of hydrogen-bond acceptors (Lipinski definition) is 2. The van der Waals surface area contributed by atoms with Crippen molar-refractivity contribution in [1.82, 2.24) is 10.6 Å². The van der Waals surface area contributed by atoms with Crippen molar-refractivity contribution in [3.8, 4) is 0 Å². The number of amides is 2. The van der Waals surface area contributed by atoms with E-state index in [0.717, 1.165) is 0 Å². The van der Waals surface area contributed by atoms with Crippen LogP contribution in [0.25, 0.3) is 0 Å². The van der Waals surface area contributed by atoms with E-state index in [0.29, 0.717) is 11.1 Å². The number of nitrogens with one attached hydrogen (secondary N) is 2. The van der Waals surface area contributed by atoms with Gasteiger partial charge >= 0.3 is 11.8 Å². The zero-order valence-corrected chi connectivity index (χ0v) is 11.6. The molecule has 6 heteroatoms. The second-order valence-corrected chi connectivity index (χ2v) is 4.62. The molecule has 2 aromatic carbocycles. The predicted molar refractivity (Wildman–Crippen MR) is 76.5 cm³/mol. The lowest BCUT2D eigenvalue weighted by atomic mass is 10.2. The minimum Gasteiger partial charge on any atom is -0.344 e. The first kappa shape index (κ1) is 15.6. The second kappa shape index (κ2) is 7.31. The van der Waals surface area contributed by atoms with E-state index in [1.165, 1.54) is 48.5 Å². The van der Waals surface area contributed by atoms with Gasteiger partial charge in [0.15, 0.2) is 0 Å². The molecule has 0 spiro atoms. The van der Waals surface area contributed by atoms with Gasteiger partial charge in [0.25, 0.3) is 0 Å². The van der Waals surface area contributed by atoms with Gasteiger partial charge in [-0.2, -0.15) is 0 Å². The Hall–Kier alpha value is -2.76. The van der Waals surface area contributed by atoms with Crippen molar-refractivity contribution < 1.29 is 18.4 Å². The zero-order chi connectivity index (χ0) is 15.9. The van der Waals surface area contributed by atoms with Gasteiger partial charge in [-0.3, -0.25) is 9.59 Å². The van der Waals surface area contributed by atoms with E-state index < -0.39 is 11.8 Å². The molecule has 0 atom stereocenters. The SMILES string of the molecule is O=C(NCc1ccc(F)cc1)C(=O)NCc1ccc(F)cc1. The van der Waals surface area contributed by atoms with Crippen molar-refractivity contribution in [2.24, 2.45) is 0 Å². The van der Waals surface area contributed by atoms with E-state index in [9.17, 15) is 18.4 Å². The van der Waals surface area contributed by atoms with Crippen molar-refractivity contribution in [2.45, 2.75) is 13.1 Å². The lowest BCUT2D eigenvalue weighted by molar-refractivity contribution is -0.139. The van der Waals surface area contributed by atoms with E-state index in [2.05, 4.69) is 10.6 Å². The monoisotopic (exact) mass is 304 g/mol. The van der Waals surface area contributed by atoms with Crippen molar-refractivity contribution in [3.63, 3.8) is 0 Å². The van der Waals surface area contributed by atoms with Crippen molar-refractivity contribution in [3.05, 3.63) is 71.3 Å². The predicted octanol–water partition coefficient (Wildman–Crippen LogP) is 1.90. The van der Waals surface area contributed by atoms with Crippen LogP contribution in [0.5, 0.6) is 0 Å². The maximum atomic E-state index is 12.7. The molecule has 0 bridgehead atoms. The molecule has 4 nitrogen and oxygen atoms in total. The number of rotatable bonds is 4. The minimum absolute atomic E-state index is 0.128. The van der Waals surface area contributed by atoms with E-state index in [4.69, 9.17) is 0 Å².